The maximum absolute atomic E-state index is 12.9. The van der Waals surface area contributed by atoms with Gasteiger partial charge in [0, 0.05) is 19.0 Å². The van der Waals surface area contributed by atoms with Gasteiger partial charge in [0.1, 0.15) is 5.82 Å². The number of nitrogens with zero attached hydrogens (tertiary/aromatic N) is 1. The molecule has 0 aromatic heterocycles. The largest absolute Gasteiger partial charge is 0.337 e. The molecule has 0 aliphatic heterocycles. The molecule has 0 unspecified atom stereocenters. The van der Waals surface area contributed by atoms with Gasteiger partial charge >= 0.3 is 0 Å². The van der Waals surface area contributed by atoms with E-state index in [0.29, 0.717) is 24.5 Å². The van der Waals surface area contributed by atoms with Gasteiger partial charge < -0.3 is 4.90 Å². The molecular formula is C12H14Cl2FNO. The fourth-order valence-corrected chi connectivity index (χ4v) is 1.97. The van der Waals surface area contributed by atoms with Crippen molar-refractivity contribution in [2.45, 2.75) is 13.3 Å². The summed E-state index contributed by atoms with van der Waals surface area (Å²) in [5.41, 5.74) is 0.312. The molecule has 1 aromatic rings. The molecule has 0 saturated heterocycles. The van der Waals surface area contributed by atoms with Crippen LogP contribution in [0.2, 0.25) is 5.02 Å². The van der Waals surface area contributed by atoms with Gasteiger partial charge in [-0.15, -0.1) is 11.6 Å². The normalized spacial score (nSPS) is 10.4. The van der Waals surface area contributed by atoms with E-state index in [1.165, 1.54) is 12.1 Å². The smallest absolute Gasteiger partial charge is 0.255 e. The second-order valence-corrected chi connectivity index (χ2v) is 4.39. The van der Waals surface area contributed by atoms with Crippen molar-refractivity contribution in [2.75, 3.05) is 19.0 Å². The Bertz CT molecular complexity index is 392. The van der Waals surface area contributed by atoms with E-state index in [1.54, 1.807) is 4.90 Å². The summed E-state index contributed by atoms with van der Waals surface area (Å²) in [7, 11) is 0. The molecule has 0 radical (unpaired) electrons. The first kappa shape index (κ1) is 14.3. The Morgan fingerprint density at radius 2 is 2.12 bits per heavy atom. The third-order valence-corrected chi connectivity index (χ3v) is 2.78. The van der Waals surface area contributed by atoms with Crippen LogP contribution in [0.4, 0.5) is 4.39 Å². The Hall–Kier alpha value is -0.800. The maximum Gasteiger partial charge on any atom is 0.255 e. The fourth-order valence-electron chi connectivity index (χ4n) is 1.52. The summed E-state index contributed by atoms with van der Waals surface area (Å²) in [5, 5.41) is 0.130. The third-order valence-electron chi connectivity index (χ3n) is 2.30. The lowest BCUT2D eigenvalue weighted by Gasteiger charge is -2.21. The van der Waals surface area contributed by atoms with Crippen LogP contribution >= 0.6 is 23.2 Å². The van der Waals surface area contributed by atoms with E-state index in [1.807, 2.05) is 6.92 Å². The van der Waals surface area contributed by atoms with Gasteiger partial charge in [-0.1, -0.05) is 18.5 Å². The number of halogens is 3. The van der Waals surface area contributed by atoms with Crippen molar-refractivity contribution in [2.24, 2.45) is 0 Å². The van der Waals surface area contributed by atoms with Crippen molar-refractivity contribution in [3.63, 3.8) is 0 Å². The van der Waals surface area contributed by atoms with Crippen molar-refractivity contribution >= 4 is 29.1 Å². The van der Waals surface area contributed by atoms with Crippen LogP contribution in [0.25, 0.3) is 0 Å². The zero-order chi connectivity index (χ0) is 12.8. The minimum atomic E-state index is -0.453. The molecule has 0 heterocycles. The van der Waals surface area contributed by atoms with Gasteiger partial charge in [0.25, 0.3) is 5.91 Å². The lowest BCUT2D eigenvalue weighted by atomic mass is 10.2. The molecule has 5 heteroatoms. The maximum atomic E-state index is 12.9. The number of carbonyl (C=O) groups excluding carboxylic acids is 1. The summed E-state index contributed by atoms with van der Waals surface area (Å²) in [6.07, 6.45) is 0.835. The SMILES string of the molecule is CCCN(CCCl)C(=O)c1ccc(F)cc1Cl. The van der Waals surface area contributed by atoms with Gasteiger partial charge in [0.2, 0.25) is 0 Å². The Kier molecular flexibility index (Phi) is 5.72. The molecule has 0 bridgehead atoms. The molecule has 94 valence electrons. The number of alkyl halides is 1. The summed E-state index contributed by atoms with van der Waals surface area (Å²) in [4.78, 5) is 13.7. The molecule has 0 aliphatic carbocycles. The van der Waals surface area contributed by atoms with Crippen LogP contribution < -0.4 is 0 Å². The van der Waals surface area contributed by atoms with Crippen molar-refractivity contribution in [1.82, 2.24) is 4.90 Å². The van der Waals surface area contributed by atoms with E-state index in [0.717, 1.165) is 12.5 Å². The number of hydrogen-bond acceptors (Lipinski definition) is 1. The topological polar surface area (TPSA) is 20.3 Å². The number of benzene rings is 1. The van der Waals surface area contributed by atoms with Gasteiger partial charge in [0.15, 0.2) is 0 Å². The van der Waals surface area contributed by atoms with E-state index in [2.05, 4.69) is 0 Å². The van der Waals surface area contributed by atoms with Gasteiger partial charge in [-0.05, 0) is 24.6 Å². The number of hydrogen-bond donors (Lipinski definition) is 0. The highest BCUT2D eigenvalue weighted by Crippen LogP contribution is 2.19. The molecular weight excluding hydrogens is 264 g/mol. The first-order valence-electron chi connectivity index (χ1n) is 5.40. The molecule has 0 atom stereocenters. The standard InChI is InChI=1S/C12H14Cl2FNO/c1-2-6-16(7-5-13)12(17)10-4-3-9(15)8-11(10)14/h3-4,8H,2,5-7H2,1H3. The lowest BCUT2D eigenvalue weighted by molar-refractivity contribution is 0.0765. The van der Waals surface area contributed by atoms with Gasteiger partial charge in [-0.2, -0.15) is 0 Å². The van der Waals surface area contributed by atoms with E-state index < -0.39 is 5.82 Å². The minimum absolute atomic E-state index is 0.130. The van der Waals surface area contributed by atoms with Crippen LogP contribution in [0.3, 0.4) is 0 Å². The molecule has 0 fully saturated rings. The van der Waals surface area contributed by atoms with Crippen LogP contribution in [-0.2, 0) is 0 Å². The second kappa shape index (κ2) is 6.82. The third kappa shape index (κ3) is 3.86. The first-order chi connectivity index (χ1) is 8.10. The monoisotopic (exact) mass is 277 g/mol. The Labute approximate surface area is 110 Å². The molecule has 1 rings (SSSR count). The van der Waals surface area contributed by atoms with E-state index in [4.69, 9.17) is 23.2 Å². The van der Waals surface area contributed by atoms with Gasteiger partial charge in [-0.25, -0.2) is 4.39 Å². The summed E-state index contributed by atoms with van der Waals surface area (Å²) < 4.78 is 12.9. The van der Waals surface area contributed by atoms with Crippen molar-refractivity contribution < 1.29 is 9.18 Å². The highest BCUT2D eigenvalue weighted by Gasteiger charge is 2.17. The summed E-state index contributed by atoms with van der Waals surface area (Å²) in [5.74, 6) is -0.298. The van der Waals surface area contributed by atoms with E-state index >= 15 is 0 Å². The van der Waals surface area contributed by atoms with Crippen LogP contribution in [0.5, 0.6) is 0 Å². The Morgan fingerprint density at radius 1 is 1.41 bits per heavy atom. The molecule has 0 N–H and O–H groups in total. The number of carbonyl (C=O) groups is 1. The van der Waals surface area contributed by atoms with E-state index in [-0.39, 0.29) is 10.9 Å². The van der Waals surface area contributed by atoms with Crippen molar-refractivity contribution in [3.05, 3.63) is 34.6 Å². The van der Waals surface area contributed by atoms with Crippen molar-refractivity contribution in [3.8, 4) is 0 Å². The number of amides is 1. The van der Waals surface area contributed by atoms with Crippen LogP contribution in [0, 0.1) is 5.82 Å². The van der Waals surface area contributed by atoms with Gasteiger partial charge in [0.05, 0.1) is 10.6 Å². The van der Waals surface area contributed by atoms with E-state index in [9.17, 15) is 9.18 Å². The zero-order valence-corrected chi connectivity index (χ0v) is 11.1. The minimum Gasteiger partial charge on any atom is -0.337 e. The molecule has 1 aromatic carbocycles. The molecule has 2 nitrogen and oxygen atoms in total. The lowest BCUT2D eigenvalue weighted by Crippen LogP contribution is -2.33. The quantitative estimate of drug-likeness (QED) is 0.754. The predicted molar refractivity (Wildman–Crippen MR) is 68.3 cm³/mol. The Morgan fingerprint density at radius 3 is 2.65 bits per heavy atom. The molecule has 17 heavy (non-hydrogen) atoms. The zero-order valence-electron chi connectivity index (χ0n) is 9.55. The highest BCUT2D eigenvalue weighted by atomic mass is 35.5. The second-order valence-electron chi connectivity index (χ2n) is 3.61. The number of rotatable bonds is 5. The summed E-state index contributed by atoms with van der Waals surface area (Å²) >= 11 is 11.5. The van der Waals surface area contributed by atoms with Crippen molar-refractivity contribution in [1.29, 1.82) is 0 Å². The fraction of sp³-hybridized carbons (Fsp3) is 0.417. The summed E-state index contributed by atoms with van der Waals surface area (Å²) in [6.45, 7) is 3.04. The molecule has 1 amide bonds. The molecule has 0 spiro atoms. The van der Waals surface area contributed by atoms with Crippen LogP contribution in [0.15, 0.2) is 18.2 Å². The average molecular weight is 278 g/mol. The Balaban J connectivity index is 2.92. The van der Waals surface area contributed by atoms with Crippen LogP contribution in [-0.4, -0.2) is 29.8 Å². The predicted octanol–water partition coefficient (Wildman–Crippen LogP) is 3.57. The summed E-state index contributed by atoms with van der Waals surface area (Å²) in [6, 6.07) is 3.76. The van der Waals surface area contributed by atoms with Crippen LogP contribution in [0.1, 0.15) is 23.7 Å². The molecule has 0 saturated carbocycles. The molecule has 0 aliphatic rings. The highest BCUT2D eigenvalue weighted by molar-refractivity contribution is 6.33. The average Bonchev–Trinajstić information content (AvgIpc) is 2.28. The van der Waals surface area contributed by atoms with Gasteiger partial charge in [-0.3, -0.25) is 4.79 Å². The first-order valence-corrected chi connectivity index (χ1v) is 6.31.